The molecule has 3 aromatic rings. The first kappa shape index (κ1) is 17.0. The number of nitrogens with two attached hydrogens (primary N) is 2. The molecule has 1 aliphatic rings. The quantitative estimate of drug-likeness (QED) is 0.733. The fourth-order valence-corrected chi connectivity index (χ4v) is 3.29. The summed E-state index contributed by atoms with van der Waals surface area (Å²) < 4.78 is 22.3. The highest BCUT2D eigenvalue weighted by Crippen LogP contribution is 2.43. The second-order valence-corrected chi connectivity index (χ2v) is 6.51. The van der Waals surface area contributed by atoms with Gasteiger partial charge in [0.25, 0.3) is 5.91 Å². The van der Waals surface area contributed by atoms with Crippen LogP contribution in [-0.4, -0.2) is 22.6 Å². The Morgan fingerprint density at radius 2 is 2.11 bits per heavy atom. The highest BCUT2D eigenvalue weighted by molar-refractivity contribution is 5.99. The molecule has 138 valence electrons. The summed E-state index contributed by atoms with van der Waals surface area (Å²) in [7, 11) is 1.41. The molecule has 4 rings (SSSR count). The van der Waals surface area contributed by atoms with Crippen LogP contribution < -0.4 is 21.6 Å². The van der Waals surface area contributed by atoms with Gasteiger partial charge in [-0.05, 0) is 31.0 Å². The standard InChI is InChI=1S/C19H17FN4O3/c1-27-18-15(9-2-5-14(21)23-7-9)13(20)6-11-16(18)24(10-3-4-10)8-12(17(11)25)19(22)26/h2,5-8,10H,3-4H2,1H3,(H2,21,23)(H2,22,26). The molecule has 2 aromatic heterocycles. The van der Waals surface area contributed by atoms with E-state index in [1.165, 1.54) is 19.5 Å². The van der Waals surface area contributed by atoms with Crippen LogP contribution in [0.15, 0.2) is 35.4 Å². The van der Waals surface area contributed by atoms with E-state index in [9.17, 15) is 9.59 Å². The summed E-state index contributed by atoms with van der Waals surface area (Å²) in [5.74, 6) is -0.994. The number of rotatable bonds is 4. The zero-order chi connectivity index (χ0) is 19.3. The number of methoxy groups -OCH3 is 1. The summed E-state index contributed by atoms with van der Waals surface area (Å²) in [6, 6.07) is 4.41. The molecule has 0 unspecified atom stereocenters. The second kappa shape index (κ2) is 6.08. The predicted octanol–water partition coefficient (Wildman–Crippen LogP) is 2.23. The van der Waals surface area contributed by atoms with Gasteiger partial charge < -0.3 is 20.8 Å². The first-order chi connectivity index (χ1) is 12.9. The SMILES string of the molecule is COc1c(-c2ccc(N)nc2)c(F)cc2c(=O)c(C(N)=O)cn(C3CC3)c12. The van der Waals surface area contributed by atoms with E-state index in [0.717, 1.165) is 18.9 Å². The average molecular weight is 368 g/mol. The van der Waals surface area contributed by atoms with Gasteiger partial charge in [0.05, 0.1) is 23.6 Å². The molecule has 1 amide bonds. The zero-order valence-electron chi connectivity index (χ0n) is 14.5. The molecule has 7 nitrogen and oxygen atoms in total. The third kappa shape index (κ3) is 2.69. The van der Waals surface area contributed by atoms with Crippen LogP contribution in [0.4, 0.5) is 10.2 Å². The van der Waals surface area contributed by atoms with Gasteiger partial charge >= 0.3 is 0 Å². The Bertz CT molecular complexity index is 1130. The van der Waals surface area contributed by atoms with Gasteiger partial charge in [-0.25, -0.2) is 9.37 Å². The molecule has 0 saturated heterocycles. The van der Waals surface area contributed by atoms with E-state index in [0.29, 0.717) is 16.9 Å². The lowest BCUT2D eigenvalue weighted by molar-refractivity contribution is 0.0998. The number of primary amides is 1. The van der Waals surface area contributed by atoms with E-state index in [4.69, 9.17) is 16.2 Å². The van der Waals surface area contributed by atoms with Crippen molar-refractivity contribution in [3.8, 4) is 16.9 Å². The summed E-state index contributed by atoms with van der Waals surface area (Å²) in [5, 5.41) is 0.0553. The third-order valence-electron chi connectivity index (χ3n) is 4.71. The first-order valence-electron chi connectivity index (χ1n) is 8.39. The molecule has 1 aliphatic carbocycles. The summed E-state index contributed by atoms with van der Waals surface area (Å²) in [4.78, 5) is 28.4. The van der Waals surface area contributed by atoms with Crippen molar-refractivity contribution < 1.29 is 13.9 Å². The number of halogens is 1. The molecule has 0 bridgehead atoms. The van der Waals surface area contributed by atoms with Crippen molar-refractivity contribution in [2.24, 2.45) is 5.73 Å². The van der Waals surface area contributed by atoms with Crippen LogP contribution in [0.5, 0.6) is 5.75 Å². The van der Waals surface area contributed by atoms with Crippen molar-refractivity contribution in [1.82, 2.24) is 9.55 Å². The lowest BCUT2D eigenvalue weighted by Crippen LogP contribution is -2.24. The van der Waals surface area contributed by atoms with Gasteiger partial charge in [-0.15, -0.1) is 0 Å². The first-order valence-corrected chi connectivity index (χ1v) is 8.39. The minimum Gasteiger partial charge on any atom is -0.494 e. The summed E-state index contributed by atoms with van der Waals surface area (Å²) in [6.07, 6.45) is 4.65. The van der Waals surface area contributed by atoms with Crippen molar-refractivity contribution in [2.75, 3.05) is 12.8 Å². The number of nitrogens with zero attached hydrogens (tertiary/aromatic N) is 2. The minimum atomic E-state index is -0.845. The van der Waals surface area contributed by atoms with Crippen molar-refractivity contribution in [3.63, 3.8) is 0 Å². The van der Waals surface area contributed by atoms with Crippen molar-refractivity contribution >= 4 is 22.6 Å². The number of pyridine rings is 2. The smallest absolute Gasteiger partial charge is 0.254 e. The number of aromatic nitrogens is 2. The summed E-state index contributed by atoms with van der Waals surface area (Å²) in [5.41, 5.74) is 11.3. The van der Waals surface area contributed by atoms with Gasteiger partial charge in [0.1, 0.15) is 17.2 Å². The van der Waals surface area contributed by atoms with Crippen LogP contribution in [0.3, 0.4) is 0 Å². The van der Waals surface area contributed by atoms with Crippen molar-refractivity contribution in [3.05, 3.63) is 52.2 Å². The normalized spacial score (nSPS) is 13.7. The topological polar surface area (TPSA) is 113 Å². The second-order valence-electron chi connectivity index (χ2n) is 6.51. The maximum Gasteiger partial charge on any atom is 0.254 e. The highest BCUT2D eigenvalue weighted by Gasteiger charge is 2.30. The Labute approximate surface area is 153 Å². The van der Waals surface area contributed by atoms with Crippen LogP contribution in [0.2, 0.25) is 0 Å². The number of ether oxygens (including phenoxy) is 1. The Hall–Kier alpha value is -3.42. The molecule has 2 heterocycles. The van der Waals surface area contributed by atoms with Gasteiger partial charge in [0, 0.05) is 24.0 Å². The molecule has 0 radical (unpaired) electrons. The van der Waals surface area contributed by atoms with Crippen LogP contribution >= 0.6 is 0 Å². The maximum absolute atomic E-state index is 15.0. The number of benzene rings is 1. The minimum absolute atomic E-state index is 0.0553. The third-order valence-corrected chi connectivity index (χ3v) is 4.71. The van der Waals surface area contributed by atoms with Crippen LogP contribution in [0.1, 0.15) is 29.2 Å². The van der Waals surface area contributed by atoms with Gasteiger partial charge in [-0.1, -0.05) is 0 Å². The summed E-state index contributed by atoms with van der Waals surface area (Å²) in [6.45, 7) is 0. The number of amides is 1. The molecule has 4 N–H and O–H groups in total. The largest absolute Gasteiger partial charge is 0.494 e. The Morgan fingerprint density at radius 1 is 1.37 bits per heavy atom. The number of anilines is 1. The number of hydrogen-bond acceptors (Lipinski definition) is 5. The lowest BCUT2D eigenvalue weighted by atomic mass is 10.0. The van der Waals surface area contributed by atoms with E-state index in [1.807, 2.05) is 0 Å². The predicted molar refractivity (Wildman–Crippen MR) is 99.2 cm³/mol. The van der Waals surface area contributed by atoms with Gasteiger partial charge in [0.2, 0.25) is 5.43 Å². The van der Waals surface area contributed by atoms with Gasteiger partial charge in [-0.3, -0.25) is 9.59 Å². The fraction of sp³-hybridized carbons (Fsp3) is 0.211. The molecule has 0 spiro atoms. The molecular weight excluding hydrogens is 351 g/mol. The number of carbonyl (C=O) groups is 1. The Balaban J connectivity index is 2.14. The monoisotopic (exact) mass is 368 g/mol. The van der Waals surface area contributed by atoms with Crippen molar-refractivity contribution in [2.45, 2.75) is 18.9 Å². The lowest BCUT2D eigenvalue weighted by Gasteiger charge is -2.18. The molecule has 0 atom stereocenters. The molecule has 1 fully saturated rings. The highest BCUT2D eigenvalue weighted by atomic mass is 19.1. The Kier molecular flexibility index (Phi) is 3.83. The number of hydrogen-bond donors (Lipinski definition) is 2. The fourth-order valence-electron chi connectivity index (χ4n) is 3.29. The number of nitrogen functional groups attached to an aromatic ring is 1. The molecule has 0 aliphatic heterocycles. The number of carbonyl (C=O) groups excluding carboxylic acids is 1. The van der Waals surface area contributed by atoms with Crippen LogP contribution in [0.25, 0.3) is 22.0 Å². The number of fused-ring (bicyclic) bond motifs is 1. The maximum atomic E-state index is 15.0. The van der Waals surface area contributed by atoms with Crippen molar-refractivity contribution in [1.29, 1.82) is 0 Å². The van der Waals surface area contributed by atoms with Gasteiger partial charge in [-0.2, -0.15) is 0 Å². The molecule has 1 aromatic carbocycles. The summed E-state index contributed by atoms with van der Waals surface area (Å²) >= 11 is 0. The molecule has 27 heavy (non-hydrogen) atoms. The van der Waals surface area contributed by atoms with Gasteiger partial charge in [0.15, 0.2) is 5.75 Å². The van der Waals surface area contributed by atoms with E-state index in [-0.39, 0.29) is 28.3 Å². The van der Waals surface area contributed by atoms with E-state index in [1.54, 1.807) is 16.7 Å². The molecule has 8 heteroatoms. The van der Waals surface area contributed by atoms with Crippen LogP contribution in [0, 0.1) is 5.82 Å². The Morgan fingerprint density at radius 3 is 2.67 bits per heavy atom. The van der Waals surface area contributed by atoms with Crippen LogP contribution in [-0.2, 0) is 0 Å². The molecule has 1 saturated carbocycles. The van der Waals surface area contributed by atoms with E-state index >= 15 is 4.39 Å². The molecular formula is C19H17FN4O3. The van der Waals surface area contributed by atoms with E-state index in [2.05, 4.69) is 4.98 Å². The zero-order valence-corrected chi connectivity index (χ0v) is 14.5. The van der Waals surface area contributed by atoms with E-state index < -0.39 is 17.2 Å². The average Bonchev–Trinajstić information content (AvgIpc) is 3.47.